The molecule has 1 amide bonds. The van der Waals surface area contributed by atoms with Crippen molar-refractivity contribution >= 4 is 44.6 Å². The number of anilines is 1. The highest BCUT2D eigenvalue weighted by Crippen LogP contribution is 2.36. The number of halogens is 1. The summed E-state index contributed by atoms with van der Waals surface area (Å²) in [6.45, 7) is 1.27. The summed E-state index contributed by atoms with van der Waals surface area (Å²) < 4.78 is 12.5. The maximum Gasteiger partial charge on any atom is 0.267 e. The topological polar surface area (TPSA) is 47.6 Å². The Labute approximate surface area is 160 Å². The maximum absolute atomic E-state index is 12.8. The number of hydrogen-bond acceptors (Lipinski definition) is 4. The van der Waals surface area contributed by atoms with E-state index in [0.717, 1.165) is 29.5 Å². The largest absolute Gasteiger partial charge is 0.489 e. The lowest BCUT2D eigenvalue weighted by atomic mass is 10.2. The second-order valence-corrected chi connectivity index (χ2v) is 7.57. The van der Waals surface area contributed by atoms with Crippen molar-refractivity contribution in [2.45, 2.75) is 18.9 Å². The van der Waals surface area contributed by atoms with Crippen LogP contribution in [0.25, 0.3) is 10.1 Å². The van der Waals surface area contributed by atoms with Crippen molar-refractivity contribution in [2.75, 3.05) is 18.5 Å². The van der Waals surface area contributed by atoms with Crippen molar-refractivity contribution in [1.82, 2.24) is 0 Å². The molecule has 1 aliphatic heterocycles. The fourth-order valence-electron chi connectivity index (χ4n) is 2.99. The summed E-state index contributed by atoms with van der Waals surface area (Å²) in [5.74, 6) is 0.401. The summed E-state index contributed by atoms with van der Waals surface area (Å²) in [6.07, 6.45) is 2.19. The second-order valence-electron chi connectivity index (χ2n) is 6.14. The Morgan fingerprint density at radius 1 is 1.23 bits per heavy atom. The lowest BCUT2D eigenvalue weighted by Gasteiger charge is -2.15. The third-order valence-electron chi connectivity index (χ3n) is 4.33. The fourth-order valence-corrected chi connectivity index (χ4v) is 4.41. The molecule has 134 valence electrons. The Kier molecular flexibility index (Phi) is 5.11. The van der Waals surface area contributed by atoms with Crippen molar-refractivity contribution in [2.24, 2.45) is 0 Å². The van der Waals surface area contributed by atoms with Crippen LogP contribution >= 0.6 is 22.9 Å². The van der Waals surface area contributed by atoms with Crippen LogP contribution in [0.2, 0.25) is 5.02 Å². The number of carbonyl (C=O) groups is 1. The predicted molar refractivity (Wildman–Crippen MR) is 106 cm³/mol. The van der Waals surface area contributed by atoms with E-state index in [2.05, 4.69) is 5.32 Å². The molecular weight excluding hydrogens is 370 g/mol. The molecule has 0 aliphatic carbocycles. The van der Waals surface area contributed by atoms with E-state index in [9.17, 15) is 4.79 Å². The molecule has 4 nitrogen and oxygen atoms in total. The van der Waals surface area contributed by atoms with Crippen LogP contribution in [0.5, 0.6) is 5.75 Å². The molecule has 1 aromatic heterocycles. The van der Waals surface area contributed by atoms with Gasteiger partial charge in [-0.2, -0.15) is 0 Å². The maximum atomic E-state index is 12.8. The van der Waals surface area contributed by atoms with Gasteiger partial charge in [-0.15, -0.1) is 11.3 Å². The number of nitrogens with one attached hydrogen (secondary N) is 1. The van der Waals surface area contributed by atoms with Gasteiger partial charge < -0.3 is 14.8 Å². The van der Waals surface area contributed by atoms with Crippen molar-refractivity contribution in [3.63, 3.8) is 0 Å². The monoisotopic (exact) mass is 387 g/mol. The van der Waals surface area contributed by atoms with E-state index >= 15 is 0 Å². The van der Waals surface area contributed by atoms with Gasteiger partial charge >= 0.3 is 0 Å². The molecule has 1 saturated heterocycles. The highest BCUT2D eigenvalue weighted by Gasteiger charge is 2.20. The number of ether oxygens (including phenoxy) is 2. The van der Waals surface area contributed by atoms with Gasteiger partial charge in [0.1, 0.15) is 17.2 Å². The third kappa shape index (κ3) is 3.56. The zero-order chi connectivity index (χ0) is 17.9. The summed E-state index contributed by atoms with van der Waals surface area (Å²) >= 11 is 7.79. The molecule has 0 saturated carbocycles. The molecular formula is C20H18ClNO3S. The molecule has 3 aromatic rings. The van der Waals surface area contributed by atoms with E-state index < -0.39 is 0 Å². The van der Waals surface area contributed by atoms with Gasteiger partial charge in [-0.1, -0.05) is 41.9 Å². The average molecular weight is 388 g/mol. The SMILES string of the molecule is O=C(Nc1ccccc1OCC1CCCO1)c1sc2ccccc2c1Cl. The minimum Gasteiger partial charge on any atom is -0.489 e. The van der Waals surface area contributed by atoms with E-state index in [-0.39, 0.29) is 12.0 Å². The van der Waals surface area contributed by atoms with Crippen LogP contribution in [0.3, 0.4) is 0 Å². The van der Waals surface area contributed by atoms with Gasteiger partial charge in [0.2, 0.25) is 0 Å². The summed E-state index contributed by atoms with van der Waals surface area (Å²) in [5.41, 5.74) is 0.629. The number of fused-ring (bicyclic) bond motifs is 1. The first-order chi connectivity index (χ1) is 12.7. The normalized spacial score (nSPS) is 16.7. The summed E-state index contributed by atoms with van der Waals surface area (Å²) in [6, 6.07) is 15.1. The van der Waals surface area contributed by atoms with E-state index in [1.165, 1.54) is 11.3 Å². The lowest BCUT2D eigenvalue weighted by molar-refractivity contribution is 0.0682. The zero-order valence-corrected chi connectivity index (χ0v) is 15.6. The molecule has 2 aromatic carbocycles. The average Bonchev–Trinajstić information content (AvgIpc) is 3.29. The van der Waals surface area contributed by atoms with E-state index in [1.54, 1.807) is 0 Å². The third-order valence-corrected chi connectivity index (χ3v) is 6.00. The number of rotatable bonds is 5. The molecule has 1 fully saturated rings. The van der Waals surface area contributed by atoms with Crippen LogP contribution in [0.4, 0.5) is 5.69 Å². The van der Waals surface area contributed by atoms with E-state index in [0.29, 0.717) is 27.9 Å². The van der Waals surface area contributed by atoms with Crippen molar-refractivity contribution < 1.29 is 14.3 Å². The Balaban J connectivity index is 1.52. The highest BCUT2D eigenvalue weighted by molar-refractivity contribution is 7.21. The Morgan fingerprint density at radius 3 is 2.85 bits per heavy atom. The minimum atomic E-state index is -0.232. The van der Waals surface area contributed by atoms with Crippen LogP contribution in [0.1, 0.15) is 22.5 Å². The quantitative estimate of drug-likeness (QED) is 0.640. The van der Waals surface area contributed by atoms with Gasteiger partial charge in [0.25, 0.3) is 5.91 Å². The van der Waals surface area contributed by atoms with Crippen LogP contribution in [0.15, 0.2) is 48.5 Å². The first-order valence-corrected chi connectivity index (χ1v) is 9.73. The summed E-state index contributed by atoms with van der Waals surface area (Å²) in [5, 5.41) is 4.31. The summed E-state index contributed by atoms with van der Waals surface area (Å²) in [7, 11) is 0. The first-order valence-electron chi connectivity index (χ1n) is 8.54. The first kappa shape index (κ1) is 17.3. The Bertz CT molecular complexity index is 934. The number of carbonyl (C=O) groups excluding carboxylic acids is 1. The second kappa shape index (κ2) is 7.66. The molecule has 1 N–H and O–H groups in total. The molecule has 0 radical (unpaired) electrons. The molecule has 0 spiro atoms. The molecule has 4 rings (SSSR count). The Morgan fingerprint density at radius 2 is 2.04 bits per heavy atom. The number of amides is 1. The van der Waals surface area contributed by atoms with Gasteiger partial charge in [-0.25, -0.2) is 0 Å². The van der Waals surface area contributed by atoms with Gasteiger partial charge in [-0.05, 0) is 31.0 Å². The van der Waals surface area contributed by atoms with Crippen LogP contribution < -0.4 is 10.1 Å². The van der Waals surface area contributed by atoms with Crippen LogP contribution in [0, 0.1) is 0 Å². The van der Waals surface area contributed by atoms with E-state index in [1.807, 2.05) is 48.5 Å². The van der Waals surface area contributed by atoms with Gasteiger partial charge in [0, 0.05) is 16.7 Å². The standard InChI is InChI=1S/C20H18ClNO3S/c21-18-14-7-1-4-10-17(14)26-19(18)20(23)22-15-8-2-3-9-16(15)25-12-13-6-5-11-24-13/h1-4,7-10,13H,5-6,11-12H2,(H,22,23). The highest BCUT2D eigenvalue weighted by atomic mass is 35.5. The molecule has 1 unspecified atom stereocenters. The Hall–Kier alpha value is -2.08. The molecule has 1 atom stereocenters. The number of benzene rings is 2. The van der Waals surface area contributed by atoms with Crippen LogP contribution in [-0.4, -0.2) is 25.2 Å². The van der Waals surface area contributed by atoms with Crippen LogP contribution in [-0.2, 0) is 4.74 Å². The number of hydrogen-bond donors (Lipinski definition) is 1. The molecule has 0 bridgehead atoms. The molecule has 1 aliphatic rings. The number of thiophene rings is 1. The van der Waals surface area contributed by atoms with Gasteiger partial charge in [0.05, 0.1) is 16.8 Å². The zero-order valence-electron chi connectivity index (χ0n) is 14.0. The predicted octanol–water partition coefficient (Wildman–Crippen LogP) is 5.36. The van der Waals surface area contributed by atoms with Gasteiger partial charge in [-0.3, -0.25) is 4.79 Å². The van der Waals surface area contributed by atoms with Gasteiger partial charge in [0.15, 0.2) is 0 Å². The molecule has 6 heteroatoms. The molecule has 26 heavy (non-hydrogen) atoms. The minimum absolute atomic E-state index is 0.121. The molecule has 2 heterocycles. The summed E-state index contributed by atoms with van der Waals surface area (Å²) in [4.78, 5) is 13.3. The van der Waals surface area contributed by atoms with E-state index in [4.69, 9.17) is 21.1 Å². The van der Waals surface area contributed by atoms with Crippen molar-refractivity contribution in [3.8, 4) is 5.75 Å². The van der Waals surface area contributed by atoms with Crippen molar-refractivity contribution in [3.05, 3.63) is 58.4 Å². The number of para-hydroxylation sites is 2. The van der Waals surface area contributed by atoms with Crippen molar-refractivity contribution in [1.29, 1.82) is 0 Å². The fraction of sp³-hybridized carbons (Fsp3) is 0.250. The smallest absolute Gasteiger partial charge is 0.267 e. The lowest BCUT2D eigenvalue weighted by Crippen LogP contribution is -2.18.